The first-order valence-corrected chi connectivity index (χ1v) is 7.02. The van der Waals surface area contributed by atoms with E-state index in [1.165, 1.54) is 23.1 Å². The number of oxazole rings is 1. The summed E-state index contributed by atoms with van der Waals surface area (Å²) >= 11 is 0. The van der Waals surface area contributed by atoms with Gasteiger partial charge in [0.15, 0.2) is 12.0 Å². The normalized spacial score (nSPS) is 11.9. The van der Waals surface area contributed by atoms with E-state index < -0.39 is 0 Å². The van der Waals surface area contributed by atoms with E-state index in [2.05, 4.69) is 48.3 Å². The van der Waals surface area contributed by atoms with Gasteiger partial charge in [-0.1, -0.05) is 48.6 Å². The second-order valence-electron chi connectivity index (χ2n) is 4.94. The van der Waals surface area contributed by atoms with Crippen LogP contribution in [0.25, 0.3) is 28.3 Å². The summed E-state index contributed by atoms with van der Waals surface area (Å²) in [5.74, 6) is 0. The van der Waals surface area contributed by atoms with Gasteiger partial charge in [-0.3, -0.25) is 0 Å². The van der Waals surface area contributed by atoms with Crippen molar-refractivity contribution in [3.05, 3.63) is 72.1 Å². The van der Waals surface area contributed by atoms with Crippen LogP contribution >= 0.6 is 0 Å². The van der Waals surface area contributed by atoms with Crippen molar-refractivity contribution in [2.45, 2.75) is 13.8 Å². The number of hydrogen-bond acceptors (Lipinski definition) is 2. The first-order valence-electron chi connectivity index (χ1n) is 7.02. The third-order valence-electron chi connectivity index (χ3n) is 3.60. The molecule has 0 spiro atoms. The van der Waals surface area contributed by atoms with E-state index in [1.54, 1.807) is 0 Å². The molecular formula is C19H17NO. The Labute approximate surface area is 124 Å². The van der Waals surface area contributed by atoms with Gasteiger partial charge in [0.05, 0.1) is 0 Å². The van der Waals surface area contributed by atoms with Crippen LogP contribution < -0.4 is 0 Å². The fourth-order valence-corrected chi connectivity index (χ4v) is 2.44. The molecular weight excluding hydrogens is 258 g/mol. The van der Waals surface area contributed by atoms with Crippen LogP contribution in [0.1, 0.15) is 18.1 Å². The van der Waals surface area contributed by atoms with Gasteiger partial charge < -0.3 is 4.42 Å². The minimum atomic E-state index is 0.821. The van der Waals surface area contributed by atoms with Crippen molar-refractivity contribution in [3.63, 3.8) is 0 Å². The molecule has 0 saturated carbocycles. The lowest BCUT2D eigenvalue weighted by molar-refractivity contribution is 0.602. The number of fused-ring (bicyclic) bond motifs is 1. The van der Waals surface area contributed by atoms with Crippen molar-refractivity contribution in [1.29, 1.82) is 0 Å². The molecule has 0 saturated heterocycles. The number of benzene rings is 2. The Hall–Kier alpha value is -2.61. The molecule has 2 heteroatoms. The van der Waals surface area contributed by atoms with Crippen LogP contribution in [0, 0.1) is 6.92 Å². The minimum absolute atomic E-state index is 0.821. The third-order valence-corrected chi connectivity index (χ3v) is 3.60. The zero-order valence-electron chi connectivity index (χ0n) is 12.2. The van der Waals surface area contributed by atoms with Crippen molar-refractivity contribution in [3.8, 4) is 11.1 Å². The molecule has 104 valence electrons. The minimum Gasteiger partial charge on any atom is -0.443 e. The Morgan fingerprint density at radius 3 is 2.86 bits per heavy atom. The largest absolute Gasteiger partial charge is 0.443 e. The predicted molar refractivity (Wildman–Crippen MR) is 88.0 cm³/mol. The molecule has 0 N–H and O–H groups in total. The highest BCUT2D eigenvalue weighted by Crippen LogP contribution is 2.28. The van der Waals surface area contributed by atoms with Crippen molar-refractivity contribution < 1.29 is 4.42 Å². The van der Waals surface area contributed by atoms with Crippen molar-refractivity contribution in [2.24, 2.45) is 0 Å². The van der Waals surface area contributed by atoms with E-state index in [-0.39, 0.29) is 0 Å². The highest BCUT2D eigenvalue weighted by molar-refractivity contribution is 5.82. The van der Waals surface area contributed by atoms with E-state index in [0.29, 0.717) is 0 Å². The molecule has 0 atom stereocenters. The summed E-state index contributed by atoms with van der Waals surface area (Å²) in [5.41, 5.74) is 6.57. The summed E-state index contributed by atoms with van der Waals surface area (Å²) in [6.07, 6.45) is 9.73. The standard InChI is InChI=1S/C19H17NO/c1-3-4-5-7-15-8-6-9-17(14(15)2)16-10-11-18-19(12-16)21-13-20-18/h3-13H,1-2H3/b4-3+,7-5+. The van der Waals surface area contributed by atoms with Crippen LogP contribution in [0.2, 0.25) is 0 Å². The van der Waals surface area contributed by atoms with E-state index in [0.717, 1.165) is 16.7 Å². The molecule has 0 radical (unpaired) electrons. The number of aromatic nitrogens is 1. The molecule has 3 aromatic rings. The molecule has 1 aromatic heterocycles. The Bertz CT molecular complexity index is 824. The average molecular weight is 275 g/mol. The van der Waals surface area contributed by atoms with Gasteiger partial charge >= 0.3 is 0 Å². The quantitative estimate of drug-likeness (QED) is 0.599. The lowest BCUT2D eigenvalue weighted by Crippen LogP contribution is -1.87. The second-order valence-corrected chi connectivity index (χ2v) is 4.94. The van der Waals surface area contributed by atoms with Gasteiger partial charge in [-0.15, -0.1) is 0 Å². The summed E-state index contributed by atoms with van der Waals surface area (Å²) in [4.78, 5) is 4.16. The average Bonchev–Trinajstić information content (AvgIpc) is 2.96. The van der Waals surface area contributed by atoms with Gasteiger partial charge in [0.2, 0.25) is 0 Å². The fourth-order valence-electron chi connectivity index (χ4n) is 2.44. The number of hydrogen-bond donors (Lipinski definition) is 0. The van der Waals surface area contributed by atoms with Gasteiger partial charge in [-0.05, 0) is 48.2 Å². The lowest BCUT2D eigenvalue weighted by atomic mass is 9.96. The van der Waals surface area contributed by atoms with Crippen LogP contribution in [-0.2, 0) is 0 Å². The topological polar surface area (TPSA) is 26.0 Å². The van der Waals surface area contributed by atoms with Gasteiger partial charge in [-0.2, -0.15) is 0 Å². The predicted octanol–water partition coefficient (Wildman–Crippen LogP) is 5.39. The van der Waals surface area contributed by atoms with Gasteiger partial charge in [0, 0.05) is 0 Å². The monoisotopic (exact) mass is 275 g/mol. The number of allylic oxidation sites excluding steroid dienone is 3. The first-order chi connectivity index (χ1) is 10.3. The van der Waals surface area contributed by atoms with E-state index in [1.807, 2.05) is 31.2 Å². The fraction of sp³-hybridized carbons (Fsp3) is 0.105. The summed E-state index contributed by atoms with van der Waals surface area (Å²) in [6.45, 7) is 4.16. The molecule has 0 aliphatic rings. The van der Waals surface area contributed by atoms with Crippen molar-refractivity contribution in [2.75, 3.05) is 0 Å². The molecule has 0 fully saturated rings. The van der Waals surface area contributed by atoms with Crippen molar-refractivity contribution in [1.82, 2.24) is 4.98 Å². The van der Waals surface area contributed by atoms with E-state index in [4.69, 9.17) is 4.42 Å². The van der Waals surface area contributed by atoms with Crippen LogP contribution in [-0.4, -0.2) is 4.98 Å². The Balaban J connectivity index is 2.07. The number of nitrogens with zero attached hydrogens (tertiary/aromatic N) is 1. The molecule has 0 bridgehead atoms. The smallest absolute Gasteiger partial charge is 0.181 e. The molecule has 0 amide bonds. The molecule has 0 aliphatic heterocycles. The third kappa shape index (κ3) is 2.65. The Kier molecular flexibility index (Phi) is 3.69. The summed E-state index contributed by atoms with van der Waals surface area (Å²) in [6, 6.07) is 12.5. The first kappa shape index (κ1) is 13.4. The van der Waals surface area contributed by atoms with Crippen LogP contribution in [0.5, 0.6) is 0 Å². The molecule has 0 unspecified atom stereocenters. The maximum Gasteiger partial charge on any atom is 0.181 e. The molecule has 3 rings (SSSR count). The maximum absolute atomic E-state index is 5.40. The van der Waals surface area contributed by atoms with E-state index >= 15 is 0 Å². The van der Waals surface area contributed by atoms with E-state index in [9.17, 15) is 0 Å². The molecule has 0 aliphatic carbocycles. The summed E-state index contributed by atoms with van der Waals surface area (Å²) in [5, 5.41) is 0. The highest BCUT2D eigenvalue weighted by Gasteiger charge is 2.07. The summed E-state index contributed by atoms with van der Waals surface area (Å²) < 4.78 is 5.40. The second kappa shape index (κ2) is 5.80. The van der Waals surface area contributed by atoms with Crippen LogP contribution in [0.4, 0.5) is 0 Å². The molecule has 1 heterocycles. The Morgan fingerprint density at radius 1 is 1.10 bits per heavy atom. The highest BCUT2D eigenvalue weighted by atomic mass is 16.3. The molecule has 2 aromatic carbocycles. The van der Waals surface area contributed by atoms with Gasteiger partial charge in [0.25, 0.3) is 0 Å². The molecule has 21 heavy (non-hydrogen) atoms. The zero-order valence-corrected chi connectivity index (χ0v) is 12.2. The Morgan fingerprint density at radius 2 is 2.00 bits per heavy atom. The van der Waals surface area contributed by atoms with Crippen molar-refractivity contribution >= 4 is 17.2 Å². The van der Waals surface area contributed by atoms with Gasteiger partial charge in [0.1, 0.15) is 5.52 Å². The van der Waals surface area contributed by atoms with Crippen LogP contribution in [0.15, 0.2) is 65.4 Å². The van der Waals surface area contributed by atoms with Crippen LogP contribution in [0.3, 0.4) is 0 Å². The molecule has 2 nitrogen and oxygen atoms in total. The van der Waals surface area contributed by atoms with Gasteiger partial charge in [-0.25, -0.2) is 4.98 Å². The maximum atomic E-state index is 5.40. The lowest BCUT2D eigenvalue weighted by Gasteiger charge is -2.09. The number of rotatable bonds is 3. The zero-order chi connectivity index (χ0) is 14.7. The summed E-state index contributed by atoms with van der Waals surface area (Å²) in [7, 11) is 0. The SMILES string of the molecule is C/C=C/C=C/c1cccc(-c2ccc3ncoc3c2)c1C.